The number of amides is 5. The minimum absolute atomic E-state index is 0.0762. The highest BCUT2D eigenvalue weighted by Crippen LogP contribution is 2.40. The molecule has 1 unspecified atom stereocenters. The summed E-state index contributed by atoms with van der Waals surface area (Å²) in [6, 6.07) is 18.4. The summed E-state index contributed by atoms with van der Waals surface area (Å²) in [5, 5.41) is 9.84. The highest BCUT2D eigenvalue weighted by Gasteiger charge is 2.45. The van der Waals surface area contributed by atoms with Gasteiger partial charge in [0, 0.05) is 100 Å². The largest absolute Gasteiger partial charge is 0.494 e. The third kappa shape index (κ3) is 10.9. The zero-order valence-corrected chi connectivity index (χ0v) is 43.5. The van der Waals surface area contributed by atoms with Crippen molar-refractivity contribution in [2.45, 2.75) is 63.5 Å². The van der Waals surface area contributed by atoms with Gasteiger partial charge in [0.25, 0.3) is 11.8 Å². The standard InChI is InChI=1S/C53H65ClN11O7P/c1-72-45-31-38(9-11-42(45)57-53-55-32-41(54)48(59-53)56-43-6-4-5-7-46(43)73(2,3)71)62-24-18-36(19-25-62)63-26-28-64(29-27-63)50(68)35-16-20-60(21-17-35)33-34-14-22-61(23-15-34)37-8-10-39-40(30-37)52(70)65(51(39)69)44-12-13-47(66)58-49(44)67/h4-11,30-32,34-36,44H,12-29,33H2,1-3H3,(H,58,66,67)(H2,55,56,57,59). The van der Waals surface area contributed by atoms with Crippen LogP contribution in [0.1, 0.15) is 72.1 Å². The zero-order chi connectivity index (χ0) is 51.0. The van der Waals surface area contributed by atoms with Gasteiger partial charge in [0.1, 0.15) is 24.0 Å². The Morgan fingerprint density at radius 3 is 2.14 bits per heavy atom. The fourth-order valence-electron chi connectivity index (χ4n) is 11.6. The van der Waals surface area contributed by atoms with Crippen LogP contribution in [0.3, 0.4) is 0 Å². The van der Waals surface area contributed by atoms with E-state index in [0.29, 0.717) is 68.2 Å². The molecule has 5 saturated heterocycles. The normalized spacial score (nSPS) is 21.1. The quantitative estimate of drug-likeness (QED) is 0.104. The highest BCUT2D eigenvalue weighted by atomic mass is 35.5. The van der Waals surface area contributed by atoms with E-state index in [0.717, 1.165) is 127 Å². The maximum Gasteiger partial charge on any atom is 0.262 e. The number of hydrogen-bond acceptors (Lipinski definition) is 15. The third-order valence-corrected chi connectivity index (χ3v) is 17.6. The monoisotopic (exact) mass is 1030 g/mol. The summed E-state index contributed by atoms with van der Waals surface area (Å²) in [6.45, 7) is 13.2. The number of imide groups is 2. The number of methoxy groups -OCH3 is 1. The summed E-state index contributed by atoms with van der Waals surface area (Å²) in [7, 11) is -0.910. The van der Waals surface area contributed by atoms with Gasteiger partial charge < -0.3 is 39.5 Å². The Kier molecular flexibility index (Phi) is 14.8. The van der Waals surface area contributed by atoms with Crippen LogP contribution >= 0.6 is 18.7 Å². The minimum Gasteiger partial charge on any atom is -0.494 e. The molecular formula is C53H65ClN11O7P. The predicted octanol–water partition coefficient (Wildman–Crippen LogP) is 6.02. The second-order valence-electron chi connectivity index (χ2n) is 20.7. The molecular weight excluding hydrogens is 969 g/mol. The predicted molar refractivity (Wildman–Crippen MR) is 283 cm³/mol. The number of fused-ring (bicyclic) bond motifs is 1. The molecule has 4 aromatic rings. The van der Waals surface area contributed by atoms with Crippen molar-refractivity contribution < 1.29 is 33.3 Å². The van der Waals surface area contributed by atoms with Crippen molar-refractivity contribution in [3.8, 4) is 5.75 Å². The number of ether oxygens (including phenoxy) is 1. The molecule has 7 heterocycles. The van der Waals surface area contributed by atoms with E-state index in [1.54, 1.807) is 32.6 Å². The van der Waals surface area contributed by atoms with Gasteiger partial charge in [-0.25, -0.2) is 4.98 Å². The number of nitrogens with one attached hydrogen (secondary N) is 3. The van der Waals surface area contributed by atoms with E-state index in [1.807, 2.05) is 42.5 Å². The van der Waals surface area contributed by atoms with Crippen molar-refractivity contribution in [1.82, 2.24) is 34.9 Å². The van der Waals surface area contributed by atoms with Gasteiger partial charge in [-0.2, -0.15) is 4.98 Å². The lowest BCUT2D eigenvalue weighted by atomic mass is 9.91. The van der Waals surface area contributed by atoms with Crippen molar-refractivity contribution >= 4 is 88.1 Å². The first kappa shape index (κ1) is 50.5. The Morgan fingerprint density at radius 1 is 0.767 bits per heavy atom. The number of piperidine rings is 4. The summed E-state index contributed by atoms with van der Waals surface area (Å²) < 4.78 is 18.8. The number of benzene rings is 3. The fraction of sp³-hybridized carbons (Fsp3) is 0.491. The Balaban J connectivity index is 0.640. The summed E-state index contributed by atoms with van der Waals surface area (Å²) in [5.74, 6) is 0.363. The second kappa shape index (κ2) is 21.4. The highest BCUT2D eigenvalue weighted by molar-refractivity contribution is 7.70. The number of nitrogens with zero attached hydrogens (tertiary/aromatic N) is 8. The summed E-state index contributed by atoms with van der Waals surface area (Å²) in [6.07, 6.45) is 7.65. The molecule has 5 amide bonds. The number of aromatic nitrogens is 2. The Morgan fingerprint density at radius 2 is 1.44 bits per heavy atom. The van der Waals surface area contributed by atoms with E-state index in [1.165, 1.54) is 6.20 Å². The van der Waals surface area contributed by atoms with E-state index in [9.17, 15) is 28.5 Å². The molecule has 0 aliphatic carbocycles. The molecule has 1 atom stereocenters. The fourth-order valence-corrected chi connectivity index (χ4v) is 12.9. The van der Waals surface area contributed by atoms with Crippen LogP contribution < -0.4 is 35.8 Å². The zero-order valence-electron chi connectivity index (χ0n) is 41.9. The molecule has 0 radical (unpaired) electrons. The number of carbonyl (C=O) groups excluding carboxylic acids is 5. The van der Waals surface area contributed by atoms with Crippen LogP contribution in [-0.4, -0.2) is 164 Å². The molecule has 73 heavy (non-hydrogen) atoms. The van der Waals surface area contributed by atoms with Gasteiger partial charge in [-0.15, -0.1) is 0 Å². The van der Waals surface area contributed by atoms with Crippen LogP contribution in [0.4, 0.5) is 34.5 Å². The molecule has 18 nitrogen and oxygen atoms in total. The number of carbonyl (C=O) groups is 5. The van der Waals surface area contributed by atoms with Gasteiger partial charge in [-0.3, -0.25) is 39.1 Å². The van der Waals surface area contributed by atoms with E-state index < -0.39 is 36.8 Å². The summed E-state index contributed by atoms with van der Waals surface area (Å²) in [4.78, 5) is 86.5. The van der Waals surface area contributed by atoms with E-state index in [4.69, 9.17) is 16.3 Å². The lowest BCUT2D eigenvalue weighted by molar-refractivity contribution is -0.139. The molecule has 6 aliphatic heterocycles. The first-order valence-electron chi connectivity index (χ1n) is 25.7. The Hall–Kier alpha value is -6.07. The van der Waals surface area contributed by atoms with Crippen molar-refractivity contribution in [3.63, 3.8) is 0 Å². The van der Waals surface area contributed by atoms with Crippen LogP contribution in [0.25, 0.3) is 0 Å². The van der Waals surface area contributed by atoms with Gasteiger partial charge in [0.2, 0.25) is 23.7 Å². The number of piperazine rings is 1. The maximum atomic E-state index is 13.8. The molecule has 0 bridgehead atoms. The van der Waals surface area contributed by atoms with Gasteiger partial charge in [0.15, 0.2) is 5.82 Å². The van der Waals surface area contributed by atoms with Crippen LogP contribution in [-0.2, 0) is 18.9 Å². The SMILES string of the molecule is COc1cc(N2CCC(N3CCN(C(=O)C4CCN(CC5CCN(c6ccc7c(c6)C(=O)N(C6CCC(=O)NC6=O)C7=O)CC5)CC4)CC3)CC2)ccc1Nc1ncc(Cl)c(Nc2ccccc2P(C)(C)=O)n1. The summed E-state index contributed by atoms with van der Waals surface area (Å²) >= 11 is 6.50. The van der Waals surface area contributed by atoms with E-state index in [2.05, 4.69) is 56.5 Å². The average Bonchev–Trinajstić information content (AvgIpc) is 3.65. The average molecular weight is 1030 g/mol. The molecule has 0 spiro atoms. The van der Waals surface area contributed by atoms with Crippen LogP contribution in [0.2, 0.25) is 5.02 Å². The first-order chi connectivity index (χ1) is 35.2. The number of anilines is 6. The number of likely N-dealkylation sites (tertiary alicyclic amines) is 1. The summed E-state index contributed by atoms with van der Waals surface area (Å²) in [5.41, 5.74) is 3.99. The smallest absolute Gasteiger partial charge is 0.262 e. The van der Waals surface area contributed by atoms with Crippen molar-refractivity contribution in [3.05, 3.63) is 83.0 Å². The van der Waals surface area contributed by atoms with Crippen molar-refractivity contribution in [1.29, 1.82) is 0 Å². The first-order valence-corrected chi connectivity index (χ1v) is 28.7. The van der Waals surface area contributed by atoms with E-state index >= 15 is 0 Å². The molecule has 1 aromatic heterocycles. The number of halogens is 1. The van der Waals surface area contributed by atoms with Crippen molar-refractivity contribution in [2.75, 3.05) is 113 Å². The third-order valence-electron chi connectivity index (χ3n) is 15.7. The van der Waals surface area contributed by atoms with Crippen molar-refractivity contribution in [2.24, 2.45) is 11.8 Å². The second-order valence-corrected chi connectivity index (χ2v) is 24.2. The number of hydrogen-bond donors (Lipinski definition) is 3. The van der Waals surface area contributed by atoms with Crippen LogP contribution in [0, 0.1) is 11.8 Å². The number of para-hydroxylation sites is 1. The topological polar surface area (TPSA) is 193 Å². The molecule has 20 heteroatoms. The molecule has 386 valence electrons. The molecule has 5 fully saturated rings. The lowest BCUT2D eigenvalue weighted by Gasteiger charge is -2.44. The maximum absolute atomic E-state index is 13.8. The molecule has 3 N–H and O–H groups in total. The van der Waals surface area contributed by atoms with Crippen LogP contribution in [0.5, 0.6) is 5.75 Å². The van der Waals surface area contributed by atoms with Gasteiger partial charge in [-0.1, -0.05) is 23.7 Å². The lowest BCUT2D eigenvalue weighted by Crippen LogP contribution is -2.55. The number of rotatable bonds is 13. The van der Waals surface area contributed by atoms with Gasteiger partial charge in [0.05, 0.1) is 35.8 Å². The molecule has 0 saturated carbocycles. The van der Waals surface area contributed by atoms with Gasteiger partial charge >= 0.3 is 0 Å². The minimum atomic E-state index is -2.56. The van der Waals surface area contributed by atoms with Gasteiger partial charge in [-0.05, 0) is 120 Å². The molecule has 3 aromatic carbocycles. The Labute approximate surface area is 431 Å². The Bertz CT molecular complexity index is 2820. The van der Waals surface area contributed by atoms with Crippen LogP contribution in [0.15, 0.2) is 66.9 Å². The molecule has 6 aliphatic rings. The molecule has 10 rings (SSSR count). The van der Waals surface area contributed by atoms with E-state index in [-0.39, 0.29) is 18.8 Å².